The maximum Gasteiger partial charge on any atom is 0.119 e. The highest BCUT2D eigenvalue weighted by Gasteiger charge is 2.10. The number of para-hydroxylation sites is 2. The number of hydrogen-bond acceptors (Lipinski definition) is 1. The molecule has 0 aliphatic heterocycles. The fourth-order valence-corrected chi connectivity index (χ4v) is 2.50. The van der Waals surface area contributed by atoms with E-state index in [9.17, 15) is 0 Å². The fraction of sp³-hybridized carbons (Fsp3) is 0.222. The van der Waals surface area contributed by atoms with Crippen LogP contribution in [0.1, 0.15) is 25.5 Å². The second kappa shape index (κ2) is 5.41. The molecule has 0 radical (unpaired) electrons. The molecule has 3 aromatic rings. The van der Waals surface area contributed by atoms with E-state index in [1.807, 2.05) is 30.3 Å². The zero-order valence-electron chi connectivity index (χ0n) is 11.9. The molecule has 0 fully saturated rings. The second-order valence-electron chi connectivity index (χ2n) is 5.27. The van der Waals surface area contributed by atoms with Crippen LogP contribution in [0.15, 0.2) is 60.8 Å². The molecule has 0 aliphatic carbocycles. The van der Waals surface area contributed by atoms with E-state index < -0.39 is 0 Å². The van der Waals surface area contributed by atoms with Crippen molar-refractivity contribution in [1.29, 1.82) is 0 Å². The Morgan fingerprint density at radius 3 is 2.40 bits per heavy atom. The summed E-state index contributed by atoms with van der Waals surface area (Å²) >= 11 is 0. The minimum atomic E-state index is 0.449. The van der Waals surface area contributed by atoms with Gasteiger partial charge in [0.25, 0.3) is 0 Å². The van der Waals surface area contributed by atoms with Crippen LogP contribution in [0.3, 0.4) is 0 Å². The molecule has 20 heavy (non-hydrogen) atoms. The highest BCUT2D eigenvalue weighted by molar-refractivity contribution is 5.84. The SMILES string of the molecule is CC(C)n1cc(COc2ccccc2)c2ccccc21. The normalized spacial score (nSPS) is 11.2. The summed E-state index contributed by atoms with van der Waals surface area (Å²) in [6.07, 6.45) is 2.21. The zero-order chi connectivity index (χ0) is 13.9. The van der Waals surface area contributed by atoms with Gasteiger partial charge in [-0.15, -0.1) is 0 Å². The minimum Gasteiger partial charge on any atom is -0.489 e. The van der Waals surface area contributed by atoms with Crippen molar-refractivity contribution in [2.24, 2.45) is 0 Å². The van der Waals surface area contributed by atoms with E-state index in [0.29, 0.717) is 12.6 Å². The van der Waals surface area contributed by atoms with Crippen LogP contribution in [0.5, 0.6) is 5.75 Å². The van der Waals surface area contributed by atoms with Crippen molar-refractivity contribution < 1.29 is 4.74 Å². The van der Waals surface area contributed by atoms with Gasteiger partial charge in [0.05, 0.1) is 0 Å². The number of fused-ring (bicyclic) bond motifs is 1. The van der Waals surface area contributed by atoms with E-state index in [1.165, 1.54) is 16.5 Å². The molecule has 0 unspecified atom stereocenters. The van der Waals surface area contributed by atoms with Crippen LogP contribution >= 0.6 is 0 Å². The molecule has 0 spiro atoms. The molecular weight excluding hydrogens is 246 g/mol. The lowest BCUT2D eigenvalue weighted by Crippen LogP contribution is -1.98. The largest absolute Gasteiger partial charge is 0.489 e. The molecule has 0 saturated heterocycles. The third-order valence-electron chi connectivity index (χ3n) is 3.52. The van der Waals surface area contributed by atoms with Crippen LogP contribution in [0.4, 0.5) is 0 Å². The van der Waals surface area contributed by atoms with E-state index >= 15 is 0 Å². The Morgan fingerprint density at radius 1 is 0.950 bits per heavy atom. The summed E-state index contributed by atoms with van der Waals surface area (Å²) in [5.41, 5.74) is 2.51. The van der Waals surface area contributed by atoms with Gasteiger partial charge < -0.3 is 9.30 Å². The molecule has 2 nitrogen and oxygen atoms in total. The maximum absolute atomic E-state index is 5.88. The minimum absolute atomic E-state index is 0.449. The predicted molar refractivity (Wildman–Crippen MR) is 83.1 cm³/mol. The molecule has 0 amide bonds. The van der Waals surface area contributed by atoms with Crippen LogP contribution in [-0.4, -0.2) is 4.57 Å². The first kappa shape index (κ1) is 12.8. The van der Waals surface area contributed by atoms with Crippen molar-refractivity contribution in [2.45, 2.75) is 26.5 Å². The van der Waals surface area contributed by atoms with Crippen molar-refractivity contribution in [2.75, 3.05) is 0 Å². The van der Waals surface area contributed by atoms with Gasteiger partial charge in [0.2, 0.25) is 0 Å². The van der Waals surface area contributed by atoms with Gasteiger partial charge >= 0.3 is 0 Å². The lowest BCUT2D eigenvalue weighted by Gasteiger charge is -2.08. The summed E-state index contributed by atoms with van der Waals surface area (Å²) in [5, 5.41) is 1.28. The number of ether oxygens (including phenoxy) is 1. The third-order valence-corrected chi connectivity index (χ3v) is 3.52. The molecule has 1 aromatic heterocycles. The topological polar surface area (TPSA) is 14.2 Å². The van der Waals surface area contributed by atoms with Crippen LogP contribution < -0.4 is 4.74 Å². The zero-order valence-corrected chi connectivity index (χ0v) is 11.9. The monoisotopic (exact) mass is 265 g/mol. The number of hydrogen-bond donors (Lipinski definition) is 0. The van der Waals surface area contributed by atoms with Crippen LogP contribution in [-0.2, 0) is 6.61 Å². The van der Waals surface area contributed by atoms with Crippen LogP contribution in [0, 0.1) is 0 Å². The summed E-state index contributed by atoms with van der Waals surface area (Å²) in [7, 11) is 0. The highest BCUT2D eigenvalue weighted by atomic mass is 16.5. The standard InChI is InChI=1S/C18H19NO/c1-14(2)19-12-15(17-10-6-7-11-18(17)19)13-20-16-8-4-3-5-9-16/h3-12,14H,13H2,1-2H3. The molecular formula is C18H19NO. The Morgan fingerprint density at radius 2 is 1.65 bits per heavy atom. The Labute approximate surface area is 119 Å². The van der Waals surface area contributed by atoms with Crippen molar-refractivity contribution >= 4 is 10.9 Å². The van der Waals surface area contributed by atoms with Gasteiger partial charge in [-0.3, -0.25) is 0 Å². The summed E-state index contributed by atoms with van der Waals surface area (Å²) in [5.74, 6) is 0.911. The Kier molecular flexibility index (Phi) is 3.46. The van der Waals surface area contributed by atoms with Crippen molar-refractivity contribution in [3.63, 3.8) is 0 Å². The summed E-state index contributed by atoms with van der Waals surface area (Å²) in [6.45, 7) is 5.01. The van der Waals surface area contributed by atoms with Crippen molar-refractivity contribution in [3.05, 3.63) is 66.4 Å². The van der Waals surface area contributed by atoms with Gasteiger partial charge in [0.15, 0.2) is 0 Å². The molecule has 0 saturated carbocycles. The van der Waals surface area contributed by atoms with E-state index in [4.69, 9.17) is 4.74 Å². The molecule has 2 heteroatoms. The first-order chi connectivity index (χ1) is 9.75. The van der Waals surface area contributed by atoms with Gasteiger partial charge in [-0.25, -0.2) is 0 Å². The van der Waals surface area contributed by atoms with E-state index in [2.05, 4.69) is 48.9 Å². The summed E-state index contributed by atoms with van der Waals surface area (Å²) in [6, 6.07) is 18.9. The lowest BCUT2D eigenvalue weighted by molar-refractivity contribution is 0.307. The molecule has 1 heterocycles. The molecule has 0 atom stereocenters. The summed E-state index contributed by atoms with van der Waals surface area (Å²) < 4.78 is 8.18. The molecule has 3 rings (SSSR count). The van der Waals surface area contributed by atoms with Gasteiger partial charge in [-0.05, 0) is 32.0 Å². The molecule has 102 valence electrons. The van der Waals surface area contributed by atoms with E-state index in [0.717, 1.165) is 5.75 Å². The maximum atomic E-state index is 5.88. The summed E-state index contributed by atoms with van der Waals surface area (Å²) in [4.78, 5) is 0. The Hall–Kier alpha value is -2.22. The third kappa shape index (κ3) is 2.42. The van der Waals surface area contributed by atoms with Gasteiger partial charge in [0.1, 0.15) is 12.4 Å². The van der Waals surface area contributed by atoms with E-state index in [-0.39, 0.29) is 0 Å². The average Bonchev–Trinajstić information content (AvgIpc) is 2.85. The van der Waals surface area contributed by atoms with Gasteiger partial charge in [0, 0.05) is 28.7 Å². The van der Waals surface area contributed by atoms with Crippen LogP contribution in [0.25, 0.3) is 10.9 Å². The Balaban J connectivity index is 1.92. The first-order valence-electron chi connectivity index (χ1n) is 7.02. The number of nitrogens with zero attached hydrogens (tertiary/aromatic N) is 1. The smallest absolute Gasteiger partial charge is 0.119 e. The first-order valence-corrected chi connectivity index (χ1v) is 7.02. The molecule has 0 N–H and O–H groups in total. The van der Waals surface area contributed by atoms with Gasteiger partial charge in [-0.2, -0.15) is 0 Å². The van der Waals surface area contributed by atoms with Crippen molar-refractivity contribution in [3.8, 4) is 5.75 Å². The molecule has 2 aromatic carbocycles. The predicted octanol–water partition coefficient (Wildman–Crippen LogP) is 4.80. The average molecular weight is 265 g/mol. The molecule has 0 aliphatic rings. The number of benzene rings is 2. The fourth-order valence-electron chi connectivity index (χ4n) is 2.50. The highest BCUT2D eigenvalue weighted by Crippen LogP contribution is 2.25. The van der Waals surface area contributed by atoms with Gasteiger partial charge in [-0.1, -0.05) is 36.4 Å². The van der Waals surface area contributed by atoms with E-state index in [1.54, 1.807) is 0 Å². The number of aromatic nitrogens is 1. The van der Waals surface area contributed by atoms with Crippen LogP contribution in [0.2, 0.25) is 0 Å². The molecule has 0 bridgehead atoms. The lowest BCUT2D eigenvalue weighted by atomic mass is 10.2. The Bertz CT molecular complexity index is 698. The number of rotatable bonds is 4. The quantitative estimate of drug-likeness (QED) is 0.661. The van der Waals surface area contributed by atoms with Crippen molar-refractivity contribution in [1.82, 2.24) is 4.57 Å². The second-order valence-corrected chi connectivity index (χ2v) is 5.27.